The van der Waals surface area contributed by atoms with Gasteiger partial charge in [0.15, 0.2) is 0 Å². The molecule has 0 radical (unpaired) electrons. The van der Waals surface area contributed by atoms with E-state index in [1.165, 1.54) is 0 Å². The topological polar surface area (TPSA) is 41.5 Å². The number of aryl methyl sites for hydroxylation is 1. The van der Waals surface area contributed by atoms with Gasteiger partial charge in [-0.2, -0.15) is 0 Å². The molecule has 0 aromatic heterocycles. The monoisotopic (exact) mass is 265 g/mol. The first-order valence-electron chi connectivity index (χ1n) is 7.02. The molecule has 1 unspecified atom stereocenters. The molecule has 0 amide bonds. The van der Waals surface area contributed by atoms with Crippen molar-refractivity contribution in [3.63, 3.8) is 0 Å². The van der Waals surface area contributed by atoms with E-state index in [1.807, 2.05) is 31.2 Å². The van der Waals surface area contributed by atoms with Gasteiger partial charge in [-0.1, -0.05) is 39.0 Å². The quantitative estimate of drug-likeness (QED) is 0.759. The number of ether oxygens (including phenoxy) is 1. The van der Waals surface area contributed by atoms with Crippen molar-refractivity contribution < 1.29 is 9.84 Å². The van der Waals surface area contributed by atoms with Gasteiger partial charge in [-0.25, -0.2) is 0 Å². The molecule has 3 heteroatoms. The van der Waals surface area contributed by atoms with Gasteiger partial charge in [0.2, 0.25) is 0 Å². The van der Waals surface area contributed by atoms with Crippen LogP contribution in [0.3, 0.4) is 0 Å². The second kappa shape index (κ2) is 7.51. The van der Waals surface area contributed by atoms with Crippen LogP contribution in [-0.4, -0.2) is 30.9 Å². The zero-order chi connectivity index (χ0) is 14.3. The zero-order valence-corrected chi connectivity index (χ0v) is 12.6. The zero-order valence-electron chi connectivity index (χ0n) is 12.6. The van der Waals surface area contributed by atoms with Crippen LogP contribution >= 0.6 is 0 Å². The van der Waals surface area contributed by atoms with Crippen LogP contribution in [0.2, 0.25) is 0 Å². The molecule has 1 atom stereocenters. The normalized spacial score (nSPS) is 13.3. The van der Waals surface area contributed by atoms with E-state index in [0.717, 1.165) is 24.3 Å². The van der Waals surface area contributed by atoms with Gasteiger partial charge in [-0.15, -0.1) is 0 Å². The SMILES string of the molecule is CCC(C)(C)CNCC(O)COc1ccccc1C. The molecule has 0 bridgehead atoms. The highest BCUT2D eigenvalue weighted by Gasteiger charge is 2.15. The van der Waals surface area contributed by atoms with Crippen LogP contribution in [0.25, 0.3) is 0 Å². The lowest BCUT2D eigenvalue weighted by atomic mass is 9.90. The largest absolute Gasteiger partial charge is 0.491 e. The smallest absolute Gasteiger partial charge is 0.122 e. The highest BCUT2D eigenvalue weighted by atomic mass is 16.5. The van der Waals surface area contributed by atoms with E-state index in [0.29, 0.717) is 13.2 Å². The van der Waals surface area contributed by atoms with Gasteiger partial charge in [0.05, 0.1) is 0 Å². The number of aliphatic hydroxyl groups excluding tert-OH is 1. The molecule has 1 aromatic carbocycles. The van der Waals surface area contributed by atoms with E-state index in [2.05, 4.69) is 26.1 Å². The Hall–Kier alpha value is -1.06. The molecular weight excluding hydrogens is 238 g/mol. The molecule has 0 saturated carbocycles. The molecule has 0 fully saturated rings. The lowest BCUT2D eigenvalue weighted by Gasteiger charge is -2.24. The van der Waals surface area contributed by atoms with Crippen molar-refractivity contribution in [2.75, 3.05) is 19.7 Å². The molecule has 1 rings (SSSR count). The average Bonchev–Trinajstić information content (AvgIpc) is 2.37. The summed E-state index contributed by atoms with van der Waals surface area (Å²) in [5.74, 6) is 0.843. The van der Waals surface area contributed by atoms with Gasteiger partial charge in [0.1, 0.15) is 18.5 Å². The highest BCUT2D eigenvalue weighted by molar-refractivity contribution is 5.31. The Balaban J connectivity index is 2.25. The number of benzene rings is 1. The van der Waals surface area contributed by atoms with Gasteiger partial charge in [0, 0.05) is 13.1 Å². The maximum Gasteiger partial charge on any atom is 0.122 e. The molecule has 0 aliphatic carbocycles. The fraction of sp³-hybridized carbons (Fsp3) is 0.625. The van der Waals surface area contributed by atoms with E-state index in [9.17, 15) is 5.11 Å². The van der Waals surface area contributed by atoms with Gasteiger partial charge in [0.25, 0.3) is 0 Å². The summed E-state index contributed by atoms with van der Waals surface area (Å²) in [5.41, 5.74) is 1.37. The Morgan fingerprint density at radius 2 is 2.00 bits per heavy atom. The van der Waals surface area contributed by atoms with Crippen LogP contribution in [0.15, 0.2) is 24.3 Å². The van der Waals surface area contributed by atoms with Crippen LogP contribution in [0.4, 0.5) is 0 Å². The lowest BCUT2D eigenvalue weighted by Crippen LogP contribution is -2.36. The van der Waals surface area contributed by atoms with Crippen LogP contribution < -0.4 is 10.1 Å². The second-order valence-corrected chi connectivity index (χ2v) is 5.88. The Morgan fingerprint density at radius 1 is 1.32 bits per heavy atom. The standard InChI is InChI=1S/C16H27NO2/c1-5-16(3,4)12-17-10-14(18)11-19-15-9-7-6-8-13(15)2/h6-9,14,17-18H,5,10-12H2,1-4H3. The molecule has 3 nitrogen and oxygen atoms in total. The summed E-state index contributed by atoms with van der Waals surface area (Å²) >= 11 is 0. The Bertz CT molecular complexity index is 377. The molecule has 0 aliphatic rings. The molecule has 0 heterocycles. The fourth-order valence-corrected chi connectivity index (χ4v) is 1.67. The van der Waals surface area contributed by atoms with Gasteiger partial charge < -0.3 is 15.2 Å². The third-order valence-corrected chi connectivity index (χ3v) is 3.47. The van der Waals surface area contributed by atoms with E-state index in [1.54, 1.807) is 0 Å². The number of hydrogen-bond acceptors (Lipinski definition) is 3. The molecule has 108 valence electrons. The third-order valence-electron chi connectivity index (χ3n) is 3.47. The molecule has 19 heavy (non-hydrogen) atoms. The first-order valence-corrected chi connectivity index (χ1v) is 7.02. The summed E-state index contributed by atoms with van der Waals surface area (Å²) in [5, 5.41) is 13.2. The second-order valence-electron chi connectivity index (χ2n) is 5.88. The van der Waals surface area contributed by atoms with Crippen LogP contribution in [0.1, 0.15) is 32.8 Å². The minimum Gasteiger partial charge on any atom is -0.491 e. The summed E-state index contributed by atoms with van der Waals surface area (Å²) in [6.45, 7) is 10.4. The number of aliphatic hydroxyl groups is 1. The Morgan fingerprint density at radius 3 is 2.63 bits per heavy atom. The minimum absolute atomic E-state index is 0.274. The van der Waals surface area contributed by atoms with Gasteiger partial charge >= 0.3 is 0 Å². The van der Waals surface area contributed by atoms with E-state index in [-0.39, 0.29) is 5.41 Å². The first-order chi connectivity index (χ1) is 8.94. The fourth-order valence-electron chi connectivity index (χ4n) is 1.67. The summed E-state index contributed by atoms with van der Waals surface area (Å²) in [6.07, 6.45) is 0.641. The summed E-state index contributed by atoms with van der Waals surface area (Å²) in [4.78, 5) is 0. The van der Waals surface area contributed by atoms with E-state index < -0.39 is 6.10 Å². The van der Waals surface area contributed by atoms with E-state index >= 15 is 0 Å². The van der Waals surface area contributed by atoms with Crippen molar-refractivity contribution in [1.29, 1.82) is 0 Å². The first kappa shape index (κ1) is 16.0. The average molecular weight is 265 g/mol. The summed E-state index contributed by atoms with van der Waals surface area (Å²) in [6, 6.07) is 7.85. The van der Waals surface area contributed by atoms with Crippen molar-refractivity contribution in [3.05, 3.63) is 29.8 Å². The number of rotatable bonds is 8. The molecule has 1 aromatic rings. The molecule has 2 N–H and O–H groups in total. The molecule has 0 aliphatic heterocycles. The summed E-state index contributed by atoms with van der Waals surface area (Å²) in [7, 11) is 0. The lowest BCUT2D eigenvalue weighted by molar-refractivity contribution is 0.103. The van der Waals surface area contributed by atoms with Crippen molar-refractivity contribution in [3.8, 4) is 5.75 Å². The van der Waals surface area contributed by atoms with Gasteiger partial charge in [-0.3, -0.25) is 0 Å². The van der Waals surface area contributed by atoms with Crippen molar-refractivity contribution in [2.24, 2.45) is 5.41 Å². The Labute approximate surface area is 117 Å². The van der Waals surface area contributed by atoms with Crippen molar-refractivity contribution in [2.45, 2.75) is 40.2 Å². The molecule has 0 spiro atoms. The van der Waals surface area contributed by atoms with E-state index in [4.69, 9.17) is 4.74 Å². The maximum absolute atomic E-state index is 9.88. The maximum atomic E-state index is 9.88. The van der Waals surface area contributed by atoms with Crippen molar-refractivity contribution >= 4 is 0 Å². The third kappa shape index (κ3) is 6.08. The number of nitrogens with one attached hydrogen (secondary N) is 1. The molecular formula is C16H27NO2. The van der Waals surface area contributed by atoms with Crippen LogP contribution in [-0.2, 0) is 0 Å². The van der Waals surface area contributed by atoms with Gasteiger partial charge in [-0.05, 0) is 30.4 Å². The predicted molar refractivity (Wildman–Crippen MR) is 79.6 cm³/mol. The highest BCUT2D eigenvalue weighted by Crippen LogP contribution is 2.18. The predicted octanol–water partition coefficient (Wildman–Crippen LogP) is 2.76. The number of hydrogen-bond donors (Lipinski definition) is 2. The van der Waals surface area contributed by atoms with Crippen molar-refractivity contribution in [1.82, 2.24) is 5.32 Å². The molecule has 0 saturated heterocycles. The number of para-hydroxylation sites is 1. The van der Waals surface area contributed by atoms with Crippen LogP contribution in [0.5, 0.6) is 5.75 Å². The minimum atomic E-state index is -0.479. The van der Waals surface area contributed by atoms with Crippen LogP contribution in [0, 0.1) is 12.3 Å². The Kier molecular flexibility index (Phi) is 6.32. The summed E-state index contributed by atoms with van der Waals surface area (Å²) < 4.78 is 5.62.